The first kappa shape index (κ1) is 15.8. The van der Waals surface area contributed by atoms with Gasteiger partial charge in [-0.2, -0.15) is 13.2 Å². The molecule has 0 radical (unpaired) electrons. The van der Waals surface area contributed by atoms with Crippen LogP contribution in [0.25, 0.3) is 0 Å². The van der Waals surface area contributed by atoms with Crippen LogP contribution < -0.4 is 4.74 Å². The molecule has 1 aromatic heterocycles. The third kappa shape index (κ3) is 4.11. The molecule has 0 unspecified atom stereocenters. The van der Waals surface area contributed by atoms with Gasteiger partial charge in [0.1, 0.15) is 20.7 Å². The normalized spacial score (nSPS) is 12.4. The van der Waals surface area contributed by atoms with E-state index in [1.54, 1.807) is 0 Å². The molecule has 0 atom stereocenters. The van der Waals surface area contributed by atoms with Crippen LogP contribution in [-0.2, 0) is 6.18 Å². The fourth-order valence-corrected chi connectivity index (χ4v) is 1.79. The van der Waals surface area contributed by atoms with Crippen LogP contribution >= 0.6 is 22.6 Å². The third-order valence-electron chi connectivity index (χ3n) is 1.67. The van der Waals surface area contributed by atoms with Crippen molar-refractivity contribution in [2.75, 3.05) is 0 Å². The number of nitrogens with zero attached hydrogens (tertiary/aromatic N) is 1. The molecule has 0 aliphatic carbocycles. The van der Waals surface area contributed by atoms with E-state index in [0.29, 0.717) is 0 Å². The summed E-state index contributed by atoms with van der Waals surface area (Å²) in [5.74, 6) is -3.35. The minimum Gasteiger partial charge on any atom is -0.477 e. The monoisotopic (exact) mass is 401 g/mol. The summed E-state index contributed by atoms with van der Waals surface area (Å²) < 4.78 is 75.7. The van der Waals surface area contributed by atoms with E-state index in [-0.39, 0.29) is 6.07 Å². The minimum atomic E-state index is -5.32. The molecule has 0 bridgehead atoms. The molecule has 0 saturated heterocycles. The summed E-state index contributed by atoms with van der Waals surface area (Å²) in [5.41, 5.74) is -2.77. The highest BCUT2D eigenvalue weighted by molar-refractivity contribution is 14.1. The van der Waals surface area contributed by atoms with Gasteiger partial charge in [0.25, 0.3) is 0 Å². The largest absolute Gasteiger partial charge is 0.573 e. The fourth-order valence-electron chi connectivity index (χ4n) is 1.04. The van der Waals surface area contributed by atoms with Crippen molar-refractivity contribution < 1.29 is 41.0 Å². The van der Waals surface area contributed by atoms with Gasteiger partial charge in [0, 0.05) is 6.07 Å². The molecule has 1 N–H and O–H groups in total. The topological polar surface area (TPSA) is 59.4 Å². The van der Waals surface area contributed by atoms with Crippen molar-refractivity contribution in [3.63, 3.8) is 0 Å². The Hall–Kier alpha value is -1.27. The predicted octanol–water partition coefficient (Wildman–Crippen LogP) is 3.30. The Morgan fingerprint density at radius 1 is 1.26 bits per heavy atom. The number of rotatable bonds is 2. The fraction of sp³-hybridized carbons (Fsp3) is 0.250. The molecule has 11 heteroatoms. The highest BCUT2D eigenvalue weighted by Gasteiger charge is 2.38. The highest BCUT2D eigenvalue weighted by atomic mass is 127. The number of aromatic carboxylic acids is 1. The smallest absolute Gasteiger partial charge is 0.477 e. The molecular weight excluding hydrogens is 399 g/mol. The average Bonchev–Trinajstić information content (AvgIpc) is 2.11. The Labute approximate surface area is 114 Å². The van der Waals surface area contributed by atoms with Gasteiger partial charge in [-0.25, -0.2) is 9.78 Å². The predicted molar refractivity (Wildman–Crippen MR) is 55.6 cm³/mol. The molecule has 0 saturated carbocycles. The number of alkyl halides is 6. The third-order valence-corrected chi connectivity index (χ3v) is 2.45. The number of carbonyl (C=O) groups is 1. The number of carboxylic acids is 1. The lowest BCUT2D eigenvalue weighted by Gasteiger charge is -2.14. The maximum Gasteiger partial charge on any atom is 0.573 e. The standard InChI is InChI=1S/C8H2F6INO3/c9-7(10,11)3-1-2(19-8(12,13)14)4(6(17)18)5(15)16-3/h1H,(H,17,18). The van der Waals surface area contributed by atoms with E-state index in [1.807, 2.05) is 0 Å². The minimum absolute atomic E-state index is 0.112. The van der Waals surface area contributed by atoms with Crippen molar-refractivity contribution in [1.29, 1.82) is 0 Å². The van der Waals surface area contributed by atoms with Gasteiger partial charge in [-0.15, -0.1) is 13.2 Å². The first-order chi connectivity index (χ1) is 8.42. The molecule has 0 amide bonds. The lowest BCUT2D eigenvalue weighted by molar-refractivity contribution is -0.275. The van der Waals surface area contributed by atoms with Crippen molar-refractivity contribution in [3.05, 3.63) is 21.0 Å². The van der Waals surface area contributed by atoms with Crippen LogP contribution in [0.4, 0.5) is 26.3 Å². The van der Waals surface area contributed by atoms with E-state index in [9.17, 15) is 31.1 Å². The molecule has 106 valence electrons. The number of carboxylic acid groups (broad SMARTS) is 1. The van der Waals surface area contributed by atoms with E-state index in [2.05, 4.69) is 9.72 Å². The molecule has 1 rings (SSSR count). The van der Waals surface area contributed by atoms with Gasteiger partial charge in [0.2, 0.25) is 0 Å². The first-order valence-electron chi connectivity index (χ1n) is 4.18. The van der Waals surface area contributed by atoms with Crippen LogP contribution in [0, 0.1) is 3.70 Å². The van der Waals surface area contributed by atoms with E-state index in [1.165, 1.54) is 0 Å². The van der Waals surface area contributed by atoms with Crippen molar-refractivity contribution in [1.82, 2.24) is 4.98 Å². The van der Waals surface area contributed by atoms with Crippen LogP contribution in [0.2, 0.25) is 0 Å². The van der Waals surface area contributed by atoms with E-state index in [4.69, 9.17) is 5.11 Å². The van der Waals surface area contributed by atoms with Gasteiger partial charge in [-0.05, 0) is 22.6 Å². The summed E-state index contributed by atoms with van der Waals surface area (Å²) in [5, 5.41) is 8.66. The summed E-state index contributed by atoms with van der Waals surface area (Å²) in [7, 11) is 0. The summed E-state index contributed by atoms with van der Waals surface area (Å²) in [6, 6.07) is -0.112. The van der Waals surface area contributed by atoms with E-state index >= 15 is 0 Å². The van der Waals surface area contributed by atoms with Crippen molar-refractivity contribution in [3.8, 4) is 5.75 Å². The second kappa shape index (κ2) is 5.02. The first-order valence-corrected chi connectivity index (χ1v) is 5.26. The molecule has 0 fully saturated rings. The van der Waals surface area contributed by atoms with Crippen LogP contribution in [-0.4, -0.2) is 22.4 Å². The number of aromatic nitrogens is 1. The van der Waals surface area contributed by atoms with Gasteiger partial charge in [0.15, 0.2) is 0 Å². The number of halogens is 7. The quantitative estimate of drug-likeness (QED) is 0.470. The lowest BCUT2D eigenvalue weighted by Crippen LogP contribution is -2.21. The Morgan fingerprint density at radius 3 is 2.16 bits per heavy atom. The van der Waals surface area contributed by atoms with Gasteiger partial charge >= 0.3 is 18.5 Å². The highest BCUT2D eigenvalue weighted by Crippen LogP contribution is 2.35. The molecule has 19 heavy (non-hydrogen) atoms. The Kier molecular flexibility index (Phi) is 4.17. The second-order valence-corrected chi connectivity index (χ2v) is 4.04. The van der Waals surface area contributed by atoms with Crippen molar-refractivity contribution in [2.24, 2.45) is 0 Å². The Morgan fingerprint density at radius 2 is 1.79 bits per heavy atom. The van der Waals surface area contributed by atoms with Gasteiger partial charge in [0.05, 0.1) is 0 Å². The Bertz CT molecular complexity index is 512. The zero-order chi connectivity index (χ0) is 15.0. The molecule has 1 aromatic rings. The van der Waals surface area contributed by atoms with Gasteiger partial charge in [-0.1, -0.05) is 0 Å². The Balaban J connectivity index is 3.46. The lowest BCUT2D eigenvalue weighted by atomic mass is 10.2. The number of ether oxygens (including phenoxy) is 1. The molecule has 0 spiro atoms. The number of hydrogen-bond donors (Lipinski definition) is 1. The maximum atomic E-state index is 12.4. The van der Waals surface area contributed by atoms with Crippen molar-refractivity contribution >= 4 is 28.6 Å². The zero-order valence-corrected chi connectivity index (χ0v) is 10.6. The SMILES string of the molecule is O=C(O)c1c(OC(F)(F)F)cc(C(F)(F)F)nc1I. The number of pyridine rings is 1. The van der Waals surface area contributed by atoms with Crippen LogP contribution in [0.1, 0.15) is 16.1 Å². The average molecular weight is 401 g/mol. The second-order valence-electron chi connectivity index (χ2n) is 3.02. The molecule has 0 aromatic carbocycles. The van der Waals surface area contributed by atoms with Crippen molar-refractivity contribution in [2.45, 2.75) is 12.5 Å². The van der Waals surface area contributed by atoms with Gasteiger partial charge in [-0.3, -0.25) is 0 Å². The van der Waals surface area contributed by atoms with E-state index < -0.39 is 39.2 Å². The summed E-state index contributed by atoms with van der Waals surface area (Å²) in [6.07, 6.45) is -10.3. The van der Waals surface area contributed by atoms with Crippen LogP contribution in [0.15, 0.2) is 6.07 Å². The number of hydrogen-bond acceptors (Lipinski definition) is 3. The summed E-state index contributed by atoms with van der Waals surface area (Å²) in [4.78, 5) is 13.6. The molecule has 1 heterocycles. The molecule has 4 nitrogen and oxygen atoms in total. The van der Waals surface area contributed by atoms with Gasteiger partial charge < -0.3 is 9.84 Å². The molecule has 0 aliphatic rings. The maximum absolute atomic E-state index is 12.4. The van der Waals surface area contributed by atoms with E-state index in [0.717, 1.165) is 22.6 Å². The summed E-state index contributed by atoms with van der Waals surface area (Å²) >= 11 is 1.08. The summed E-state index contributed by atoms with van der Waals surface area (Å²) in [6.45, 7) is 0. The van der Waals surface area contributed by atoms with Crippen LogP contribution in [0.5, 0.6) is 5.75 Å². The van der Waals surface area contributed by atoms with Crippen LogP contribution in [0.3, 0.4) is 0 Å². The molecule has 0 aliphatic heterocycles. The molecular formula is C8H2F6INO3. The zero-order valence-electron chi connectivity index (χ0n) is 8.43.